The highest BCUT2D eigenvalue weighted by molar-refractivity contribution is 7.07. The standard InChI is InChI=1S/C16H18N2O2S/c1-2-20-13-7-5-12(6-8-13)15-4-3-9-18(15)16(19)14-10-21-11-17-14/h5-8,10-11,15H,2-4,9H2,1H3/t15-/m1/s1. The zero-order valence-corrected chi connectivity index (χ0v) is 12.8. The van der Waals surface area contributed by atoms with Gasteiger partial charge in [-0.25, -0.2) is 4.98 Å². The van der Waals surface area contributed by atoms with Gasteiger partial charge in [0.15, 0.2) is 0 Å². The Morgan fingerprint density at radius 2 is 2.24 bits per heavy atom. The van der Waals surface area contributed by atoms with Crippen molar-refractivity contribution in [3.63, 3.8) is 0 Å². The normalized spacial score (nSPS) is 18.0. The van der Waals surface area contributed by atoms with E-state index in [1.54, 1.807) is 5.51 Å². The van der Waals surface area contributed by atoms with Crippen molar-refractivity contribution in [3.05, 3.63) is 46.4 Å². The van der Waals surface area contributed by atoms with E-state index in [1.807, 2.05) is 29.3 Å². The smallest absolute Gasteiger partial charge is 0.273 e. The summed E-state index contributed by atoms with van der Waals surface area (Å²) < 4.78 is 5.47. The summed E-state index contributed by atoms with van der Waals surface area (Å²) in [7, 11) is 0. The lowest BCUT2D eigenvalue weighted by molar-refractivity contribution is 0.0730. The van der Waals surface area contributed by atoms with E-state index in [0.29, 0.717) is 12.3 Å². The number of carbonyl (C=O) groups excluding carboxylic acids is 1. The molecule has 1 aromatic carbocycles. The van der Waals surface area contributed by atoms with Crippen molar-refractivity contribution in [3.8, 4) is 5.75 Å². The van der Waals surface area contributed by atoms with E-state index < -0.39 is 0 Å². The molecule has 21 heavy (non-hydrogen) atoms. The number of benzene rings is 1. The Kier molecular flexibility index (Phi) is 4.20. The van der Waals surface area contributed by atoms with Gasteiger partial charge in [0.1, 0.15) is 11.4 Å². The molecule has 1 fully saturated rings. The van der Waals surface area contributed by atoms with Gasteiger partial charge in [0, 0.05) is 11.9 Å². The predicted octanol–water partition coefficient (Wildman–Crippen LogP) is 3.52. The fourth-order valence-electron chi connectivity index (χ4n) is 2.77. The number of aromatic nitrogens is 1. The van der Waals surface area contributed by atoms with Gasteiger partial charge in [0.25, 0.3) is 5.91 Å². The van der Waals surface area contributed by atoms with E-state index >= 15 is 0 Å². The van der Waals surface area contributed by atoms with Gasteiger partial charge in [-0.3, -0.25) is 4.79 Å². The monoisotopic (exact) mass is 302 g/mol. The second kappa shape index (κ2) is 6.26. The first-order chi connectivity index (χ1) is 10.3. The molecule has 110 valence electrons. The van der Waals surface area contributed by atoms with Crippen LogP contribution in [-0.2, 0) is 0 Å². The van der Waals surface area contributed by atoms with Gasteiger partial charge in [-0.05, 0) is 37.5 Å². The summed E-state index contributed by atoms with van der Waals surface area (Å²) >= 11 is 1.46. The van der Waals surface area contributed by atoms with Gasteiger partial charge in [0.2, 0.25) is 0 Å². The molecule has 1 aromatic heterocycles. The van der Waals surface area contributed by atoms with Gasteiger partial charge >= 0.3 is 0 Å². The largest absolute Gasteiger partial charge is 0.494 e. The maximum atomic E-state index is 12.5. The van der Waals surface area contributed by atoms with Crippen LogP contribution in [0, 0.1) is 0 Å². The summed E-state index contributed by atoms with van der Waals surface area (Å²) in [5, 5.41) is 1.82. The summed E-state index contributed by atoms with van der Waals surface area (Å²) in [6.45, 7) is 3.44. The highest BCUT2D eigenvalue weighted by atomic mass is 32.1. The van der Waals surface area contributed by atoms with Gasteiger partial charge in [-0.15, -0.1) is 11.3 Å². The second-order valence-electron chi connectivity index (χ2n) is 5.03. The summed E-state index contributed by atoms with van der Waals surface area (Å²) in [6.07, 6.45) is 2.04. The number of hydrogen-bond acceptors (Lipinski definition) is 4. The number of thiazole rings is 1. The third kappa shape index (κ3) is 2.93. The molecule has 0 bridgehead atoms. The number of amides is 1. The molecule has 3 rings (SSSR count). The lowest BCUT2D eigenvalue weighted by Crippen LogP contribution is -2.30. The minimum Gasteiger partial charge on any atom is -0.494 e. The van der Waals surface area contributed by atoms with E-state index in [0.717, 1.165) is 25.1 Å². The van der Waals surface area contributed by atoms with Crippen molar-refractivity contribution in [1.29, 1.82) is 0 Å². The van der Waals surface area contributed by atoms with Crippen LogP contribution in [0.4, 0.5) is 0 Å². The van der Waals surface area contributed by atoms with Gasteiger partial charge in [-0.1, -0.05) is 12.1 Å². The molecule has 1 aliphatic rings. The zero-order chi connectivity index (χ0) is 14.7. The summed E-state index contributed by atoms with van der Waals surface area (Å²) in [4.78, 5) is 18.6. The molecule has 0 N–H and O–H groups in total. The van der Waals surface area contributed by atoms with Crippen molar-refractivity contribution >= 4 is 17.2 Å². The molecule has 0 radical (unpaired) electrons. The minimum atomic E-state index is 0.0348. The maximum absolute atomic E-state index is 12.5. The Morgan fingerprint density at radius 1 is 1.43 bits per heavy atom. The van der Waals surface area contributed by atoms with Crippen LogP contribution in [0.3, 0.4) is 0 Å². The number of likely N-dealkylation sites (tertiary alicyclic amines) is 1. The van der Waals surface area contributed by atoms with Crippen LogP contribution >= 0.6 is 11.3 Å². The van der Waals surface area contributed by atoms with Crippen LogP contribution in [0.2, 0.25) is 0 Å². The fraction of sp³-hybridized carbons (Fsp3) is 0.375. The van der Waals surface area contributed by atoms with E-state index in [4.69, 9.17) is 4.74 Å². The molecule has 4 nitrogen and oxygen atoms in total. The number of carbonyl (C=O) groups is 1. The van der Waals surface area contributed by atoms with Crippen molar-refractivity contribution in [2.75, 3.05) is 13.2 Å². The second-order valence-corrected chi connectivity index (χ2v) is 5.75. The molecular formula is C16H18N2O2S. The molecule has 1 aliphatic heterocycles. The van der Waals surface area contributed by atoms with E-state index in [2.05, 4.69) is 17.1 Å². The van der Waals surface area contributed by atoms with Gasteiger partial charge in [0.05, 0.1) is 18.2 Å². The topological polar surface area (TPSA) is 42.4 Å². The Balaban J connectivity index is 1.79. The van der Waals surface area contributed by atoms with E-state index in [-0.39, 0.29) is 11.9 Å². The summed E-state index contributed by atoms with van der Waals surface area (Å²) in [6, 6.07) is 8.21. The third-order valence-electron chi connectivity index (χ3n) is 3.74. The first-order valence-corrected chi connectivity index (χ1v) is 8.16. The lowest BCUT2D eigenvalue weighted by Gasteiger charge is -2.24. The molecule has 1 amide bonds. The summed E-state index contributed by atoms with van der Waals surface area (Å²) in [5.74, 6) is 0.907. The van der Waals surface area contributed by atoms with Crippen molar-refractivity contribution in [2.24, 2.45) is 0 Å². The molecule has 2 heterocycles. The third-order valence-corrected chi connectivity index (χ3v) is 4.33. The predicted molar refractivity (Wildman–Crippen MR) is 82.7 cm³/mol. The number of ether oxygens (including phenoxy) is 1. The number of hydrogen-bond donors (Lipinski definition) is 0. The molecule has 0 saturated carbocycles. The first kappa shape index (κ1) is 14.1. The van der Waals surface area contributed by atoms with Crippen LogP contribution in [0.15, 0.2) is 35.2 Å². The molecular weight excluding hydrogens is 284 g/mol. The molecule has 0 spiro atoms. The molecule has 5 heteroatoms. The van der Waals surface area contributed by atoms with E-state index in [1.165, 1.54) is 16.9 Å². The Hall–Kier alpha value is -1.88. The Bertz CT molecular complexity index is 595. The van der Waals surface area contributed by atoms with E-state index in [9.17, 15) is 4.79 Å². The quantitative estimate of drug-likeness (QED) is 0.868. The Labute approximate surface area is 128 Å². The molecule has 2 aromatic rings. The Morgan fingerprint density at radius 3 is 2.90 bits per heavy atom. The van der Waals surface area contributed by atoms with Crippen molar-refractivity contribution in [2.45, 2.75) is 25.8 Å². The molecule has 0 unspecified atom stereocenters. The highest BCUT2D eigenvalue weighted by Crippen LogP contribution is 2.33. The van der Waals surface area contributed by atoms with Crippen LogP contribution in [0.5, 0.6) is 5.75 Å². The fourth-order valence-corrected chi connectivity index (χ4v) is 3.30. The molecule has 1 saturated heterocycles. The lowest BCUT2D eigenvalue weighted by atomic mass is 10.0. The van der Waals surface area contributed by atoms with Crippen molar-refractivity contribution < 1.29 is 9.53 Å². The van der Waals surface area contributed by atoms with Gasteiger partial charge < -0.3 is 9.64 Å². The number of nitrogens with zero attached hydrogens (tertiary/aromatic N) is 2. The van der Waals surface area contributed by atoms with Crippen molar-refractivity contribution in [1.82, 2.24) is 9.88 Å². The molecule has 0 aliphatic carbocycles. The van der Waals surface area contributed by atoms with Crippen LogP contribution in [-0.4, -0.2) is 28.9 Å². The first-order valence-electron chi connectivity index (χ1n) is 7.21. The SMILES string of the molecule is CCOc1ccc([C@H]2CCCN2C(=O)c2cscn2)cc1. The molecule has 1 atom stereocenters. The zero-order valence-electron chi connectivity index (χ0n) is 12.0. The van der Waals surface area contributed by atoms with Crippen LogP contribution in [0.1, 0.15) is 41.9 Å². The minimum absolute atomic E-state index is 0.0348. The average molecular weight is 302 g/mol. The maximum Gasteiger partial charge on any atom is 0.273 e. The average Bonchev–Trinajstić information content (AvgIpc) is 3.19. The number of rotatable bonds is 4. The van der Waals surface area contributed by atoms with Crippen LogP contribution in [0.25, 0.3) is 0 Å². The van der Waals surface area contributed by atoms with Crippen LogP contribution < -0.4 is 4.74 Å². The highest BCUT2D eigenvalue weighted by Gasteiger charge is 2.31. The van der Waals surface area contributed by atoms with Gasteiger partial charge in [-0.2, -0.15) is 0 Å². The summed E-state index contributed by atoms with van der Waals surface area (Å²) in [5.41, 5.74) is 3.42.